The van der Waals surface area contributed by atoms with Crippen LogP contribution in [0.25, 0.3) is 11.3 Å². The lowest BCUT2D eigenvalue weighted by Gasteiger charge is -2.08. The predicted octanol–water partition coefficient (Wildman–Crippen LogP) is 2.16. The van der Waals surface area contributed by atoms with Crippen LogP contribution in [0.1, 0.15) is 23.7 Å². The molecule has 0 bridgehead atoms. The predicted molar refractivity (Wildman–Crippen MR) is 71.1 cm³/mol. The molecule has 0 fully saturated rings. The van der Waals surface area contributed by atoms with E-state index >= 15 is 0 Å². The smallest absolute Gasteiger partial charge is 0.341 e. The van der Waals surface area contributed by atoms with Gasteiger partial charge in [0.1, 0.15) is 11.4 Å². The molecular weight excluding hydrogens is 263 g/mol. The standard InChI is InChI=1S/C14H13FN2O3/c1-2-7-17-13(18)11(14(19)20)8-12(16-17)9-3-5-10(15)6-4-9/h3-6,8H,2,7H2,1H3,(H,19,20). The van der Waals surface area contributed by atoms with Gasteiger partial charge in [0.15, 0.2) is 0 Å². The minimum absolute atomic E-state index is 0.328. The molecule has 20 heavy (non-hydrogen) atoms. The molecule has 0 aliphatic rings. The number of carbonyl (C=O) groups is 1. The molecule has 0 saturated carbocycles. The molecule has 6 heteroatoms. The molecule has 0 radical (unpaired) electrons. The lowest BCUT2D eigenvalue weighted by molar-refractivity contribution is 0.0693. The fraction of sp³-hybridized carbons (Fsp3) is 0.214. The number of aromatic carboxylic acids is 1. The van der Waals surface area contributed by atoms with Crippen LogP contribution in [0, 0.1) is 5.82 Å². The molecule has 104 valence electrons. The second kappa shape index (κ2) is 5.64. The van der Waals surface area contributed by atoms with Crippen LogP contribution in [0.3, 0.4) is 0 Å². The van der Waals surface area contributed by atoms with Crippen molar-refractivity contribution in [1.82, 2.24) is 9.78 Å². The van der Waals surface area contributed by atoms with Gasteiger partial charge in [-0.3, -0.25) is 4.79 Å². The second-order valence-corrected chi connectivity index (χ2v) is 4.28. The summed E-state index contributed by atoms with van der Waals surface area (Å²) in [5, 5.41) is 13.2. The first kappa shape index (κ1) is 13.9. The van der Waals surface area contributed by atoms with Gasteiger partial charge in [0, 0.05) is 12.1 Å². The van der Waals surface area contributed by atoms with E-state index < -0.39 is 17.3 Å². The minimum Gasteiger partial charge on any atom is -0.477 e. The number of halogens is 1. The zero-order valence-corrected chi connectivity index (χ0v) is 10.8. The molecule has 1 aromatic heterocycles. The number of carboxylic acids is 1. The molecular formula is C14H13FN2O3. The van der Waals surface area contributed by atoms with E-state index in [1.807, 2.05) is 6.92 Å². The van der Waals surface area contributed by atoms with Crippen LogP contribution in [0.4, 0.5) is 4.39 Å². The first-order valence-corrected chi connectivity index (χ1v) is 6.14. The highest BCUT2D eigenvalue weighted by atomic mass is 19.1. The Morgan fingerprint density at radius 2 is 2.00 bits per heavy atom. The Labute approximate surface area is 114 Å². The van der Waals surface area contributed by atoms with Gasteiger partial charge in [-0.15, -0.1) is 0 Å². The van der Waals surface area contributed by atoms with Crippen molar-refractivity contribution in [2.24, 2.45) is 0 Å². The van der Waals surface area contributed by atoms with E-state index in [9.17, 15) is 14.0 Å². The molecule has 1 aromatic carbocycles. The lowest BCUT2D eigenvalue weighted by atomic mass is 10.1. The number of aromatic nitrogens is 2. The van der Waals surface area contributed by atoms with Gasteiger partial charge in [0.2, 0.25) is 0 Å². The number of hydrogen-bond donors (Lipinski definition) is 1. The Morgan fingerprint density at radius 3 is 2.55 bits per heavy atom. The Balaban J connectivity index is 2.61. The summed E-state index contributed by atoms with van der Waals surface area (Å²) in [7, 11) is 0. The largest absolute Gasteiger partial charge is 0.477 e. The molecule has 5 nitrogen and oxygen atoms in total. The van der Waals surface area contributed by atoms with Crippen LogP contribution in [-0.2, 0) is 6.54 Å². The van der Waals surface area contributed by atoms with Crippen molar-refractivity contribution in [3.63, 3.8) is 0 Å². The Kier molecular flexibility index (Phi) is 3.93. The van der Waals surface area contributed by atoms with Crippen LogP contribution in [0.15, 0.2) is 35.1 Å². The third-order valence-corrected chi connectivity index (χ3v) is 2.78. The fourth-order valence-corrected chi connectivity index (χ4v) is 1.82. The van der Waals surface area contributed by atoms with Crippen LogP contribution in [-0.4, -0.2) is 20.9 Å². The first-order chi connectivity index (χ1) is 9.52. The summed E-state index contributed by atoms with van der Waals surface area (Å²) >= 11 is 0. The average Bonchev–Trinajstić information content (AvgIpc) is 2.42. The molecule has 0 amide bonds. The minimum atomic E-state index is -1.30. The summed E-state index contributed by atoms with van der Waals surface area (Å²) < 4.78 is 14.0. The van der Waals surface area contributed by atoms with Gasteiger partial charge in [0.05, 0.1) is 5.69 Å². The van der Waals surface area contributed by atoms with Gasteiger partial charge in [-0.2, -0.15) is 5.10 Å². The highest BCUT2D eigenvalue weighted by molar-refractivity contribution is 5.88. The summed E-state index contributed by atoms with van der Waals surface area (Å²) in [5.74, 6) is -1.69. The van der Waals surface area contributed by atoms with Crippen LogP contribution in [0.5, 0.6) is 0 Å². The highest BCUT2D eigenvalue weighted by Gasteiger charge is 2.15. The van der Waals surface area contributed by atoms with E-state index in [1.54, 1.807) is 0 Å². The molecule has 0 saturated heterocycles. The van der Waals surface area contributed by atoms with Crippen molar-refractivity contribution >= 4 is 5.97 Å². The summed E-state index contributed by atoms with van der Waals surface area (Å²) in [6, 6.07) is 6.71. The molecule has 1 heterocycles. The normalized spacial score (nSPS) is 10.5. The SMILES string of the molecule is CCCn1nc(-c2ccc(F)cc2)cc(C(=O)O)c1=O. The highest BCUT2D eigenvalue weighted by Crippen LogP contribution is 2.17. The van der Waals surface area contributed by atoms with E-state index in [1.165, 1.54) is 30.3 Å². The monoisotopic (exact) mass is 276 g/mol. The molecule has 0 spiro atoms. The van der Waals surface area contributed by atoms with E-state index in [0.29, 0.717) is 24.2 Å². The molecule has 2 rings (SSSR count). The van der Waals surface area contributed by atoms with Crippen molar-refractivity contribution in [2.45, 2.75) is 19.9 Å². The Hall–Kier alpha value is -2.50. The maximum absolute atomic E-state index is 12.9. The molecule has 0 aliphatic carbocycles. The zero-order valence-electron chi connectivity index (χ0n) is 10.8. The molecule has 0 aliphatic heterocycles. The summed E-state index contributed by atoms with van der Waals surface area (Å²) in [4.78, 5) is 23.0. The third kappa shape index (κ3) is 2.74. The molecule has 2 aromatic rings. The number of aryl methyl sites for hydroxylation is 1. The first-order valence-electron chi connectivity index (χ1n) is 6.14. The topological polar surface area (TPSA) is 72.2 Å². The van der Waals surface area contributed by atoms with Crippen LogP contribution < -0.4 is 5.56 Å². The Bertz CT molecular complexity index is 693. The van der Waals surface area contributed by atoms with Crippen molar-refractivity contribution in [1.29, 1.82) is 0 Å². The number of hydrogen-bond acceptors (Lipinski definition) is 3. The zero-order chi connectivity index (χ0) is 14.7. The van der Waals surface area contributed by atoms with E-state index in [4.69, 9.17) is 5.11 Å². The van der Waals surface area contributed by atoms with Gasteiger partial charge < -0.3 is 5.11 Å². The quantitative estimate of drug-likeness (QED) is 0.928. The fourth-order valence-electron chi connectivity index (χ4n) is 1.82. The maximum Gasteiger partial charge on any atom is 0.341 e. The Morgan fingerprint density at radius 1 is 1.35 bits per heavy atom. The number of nitrogens with zero attached hydrogens (tertiary/aromatic N) is 2. The van der Waals surface area contributed by atoms with Crippen LogP contribution >= 0.6 is 0 Å². The van der Waals surface area contributed by atoms with E-state index in [2.05, 4.69) is 5.10 Å². The van der Waals surface area contributed by atoms with Gasteiger partial charge in [-0.25, -0.2) is 13.9 Å². The van der Waals surface area contributed by atoms with Crippen LogP contribution in [0.2, 0.25) is 0 Å². The average molecular weight is 276 g/mol. The van der Waals surface area contributed by atoms with Gasteiger partial charge in [-0.1, -0.05) is 6.92 Å². The van der Waals surface area contributed by atoms with Crippen molar-refractivity contribution in [3.05, 3.63) is 52.1 Å². The maximum atomic E-state index is 12.9. The van der Waals surface area contributed by atoms with Gasteiger partial charge >= 0.3 is 5.97 Å². The van der Waals surface area contributed by atoms with Crippen molar-refractivity contribution in [3.8, 4) is 11.3 Å². The van der Waals surface area contributed by atoms with E-state index in [0.717, 1.165) is 4.68 Å². The number of rotatable bonds is 4. The number of carboxylic acid groups (broad SMARTS) is 1. The second-order valence-electron chi connectivity index (χ2n) is 4.28. The van der Waals surface area contributed by atoms with E-state index in [-0.39, 0.29) is 5.56 Å². The summed E-state index contributed by atoms with van der Waals surface area (Å²) in [6.45, 7) is 2.19. The summed E-state index contributed by atoms with van der Waals surface area (Å²) in [5.41, 5.74) is -0.0906. The third-order valence-electron chi connectivity index (χ3n) is 2.78. The molecule has 0 unspecified atom stereocenters. The van der Waals surface area contributed by atoms with Crippen molar-refractivity contribution in [2.75, 3.05) is 0 Å². The molecule has 0 atom stereocenters. The lowest BCUT2D eigenvalue weighted by Crippen LogP contribution is -2.28. The van der Waals surface area contributed by atoms with Crippen molar-refractivity contribution < 1.29 is 14.3 Å². The number of benzene rings is 1. The summed E-state index contributed by atoms with van der Waals surface area (Å²) in [6.07, 6.45) is 0.652. The van der Waals surface area contributed by atoms with Gasteiger partial charge in [-0.05, 0) is 36.8 Å². The van der Waals surface area contributed by atoms with Gasteiger partial charge in [0.25, 0.3) is 5.56 Å². The molecule has 1 N–H and O–H groups in total.